The summed E-state index contributed by atoms with van der Waals surface area (Å²) in [6.45, 7) is 1.73. The first-order valence-corrected chi connectivity index (χ1v) is 14.3. The summed E-state index contributed by atoms with van der Waals surface area (Å²) in [7, 11) is 3.58. The third-order valence-corrected chi connectivity index (χ3v) is 8.73. The van der Waals surface area contributed by atoms with Gasteiger partial charge in [-0.25, -0.2) is 9.37 Å². The van der Waals surface area contributed by atoms with E-state index in [4.69, 9.17) is 4.74 Å². The van der Waals surface area contributed by atoms with Gasteiger partial charge in [0.2, 0.25) is 0 Å². The molecule has 8 nitrogen and oxygen atoms in total. The molecule has 4 heterocycles. The van der Waals surface area contributed by atoms with Crippen LogP contribution in [0.25, 0.3) is 11.2 Å². The van der Waals surface area contributed by atoms with Gasteiger partial charge in [-0.05, 0) is 79.0 Å². The molecule has 2 aliphatic heterocycles. The van der Waals surface area contributed by atoms with Crippen LogP contribution < -0.4 is 5.69 Å². The van der Waals surface area contributed by atoms with Crippen LogP contribution in [0.4, 0.5) is 13.2 Å². The van der Waals surface area contributed by atoms with Gasteiger partial charge in [0.1, 0.15) is 0 Å². The summed E-state index contributed by atoms with van der Waals surface area (Å²) in [5.41, 5.74) is 0.429. The second kappa shape index (κ2) is 11.2. The van der Waals surface area contributed by atoms with Crippen LogP contribution in [0.1, 0.15) is 61.1 Å². The number of rotatable bonds is 7. The minimum absolute atomic E-state index is 0.00850. The summed E-state index contributed by atoms with van der Waals surface area (Å²) in [6, 6.07) is 8.69. The Morgan fingerprint density at radius 1 is 1.12 bits per heavy atom. The van der Waals surface area contributed by atoms with E-state index >= 15 is 0 Å². The lowest BCUT2D eigenvalue weighted by Crippen LogP contribution is -2.32. The average molecular weight is 569 g/mol. The van der Waals surface area contributed by atoms with Gasteiger partial charge in [-0.3, -0.25) is 13.9 Å². The van der Waals surface area contributed by atoms with Crippen LogP contribution in [0.15, 0.2) is 57.7 Å². The summed E-state index contributed by atoms with van der Waals surface area (Å²) in [4.78, 5) is 15.8. The minimum atomic E-state index is -4.61. The molecular formula is C30H35F3N6O2+. The van der Waals surface area contributed by atoms with Gasteiger partial charge < -0.3 is 4.74 Å². The Balaban J connectivity index is 1.39. The summed E-state index contributed by atoms with van der Waals surface area (Å²) < 4.78 is 52.9. The zero-order chi connectivity index (χ0) is 28.7. The number of likely N-dealkylation sites (tertiary alicyclic amines) is 1. The monoisotopic (exact) mass is 568 g/mol. The zero-order valence-electron chi connectivity index (χ0n) is 23.3. The highest BCUT2D eigenvalue weighted by atomic mass is 19.4. The van der Waals surface area contributed by atoms with Gasteiger partial charge in [-0.15, -0.1) is 0 Å². The second-order valence-corrected chi connectivity index (χ2v) is 11.4. The van der Waals surface area contributed by atoms with E-state index < -0.39 is 17.4 Å². The van der Waals surface area contributed by atoms with Crippen LogP contribution >= 0.6 is 0 Å². The van der Waals surface area contributed by atoms with Crippen LogP contribution in [-0.4, -0.2) is 58.1 Å². The number of aromatic nitrogens is 2. The lowest BCUT2D eigenvalue weighted by atomic mass is 9.71. The maximum absolute atomic E-state index is 14.3. The molecule has 0 bridgehead atoms. The molecule has 3 aliphatic rings. The van der Waals surface area contributed by atoms with Crippen molar-refractivity contribution in [2.45, 2.75) is 63.3 Å². The summed E-state index contributed by atoms with van der Waals surface area (Å²) >= 11 is 0. The topological polar surface area (TPSA) is 66.6 Å². The van der Waals surface area contributed by atoms with E-state index in [1.165, 1.54) is 16.8 Å². The zero-order valence-corrected chi connectivity index (χ0v) is 23.3. The number of imidazole rings is 1. The number of hydrogen-bond donors (Lipinski definition) is 0. The third-order valence-electron chi connectivity index (χ3n) is 8.73. The number of fused-ring (bicyclic) bond motifs is 1. The van der Waals surface area contributed by atoms with E-state index in [0.29, 0.717) is 30.3 Å². The molecule has 41 heavy (non-hydrogen) atoms. The lowest BCUT2D eigenvalue weighted by Gasteiger charge is -2.34. The standard InChI is InChI=1S/C30H35F3N6O2/c1-36-19-34-35-28(36)27(21-7-5-8-21)22-9-6-10-23(14-22)38-18-26-25(30(31,32)33)13-20(16-39(26)29(38)40)15-37-12-4-3-11-24(17-37)41-2/h6,9-10,13-14,16,18-19,21,24,27H,3-5,7-8,11-12,15,17H2,1-2H3/q+1/t24-,27+/m0/s1. The predicted molar refractivity (Wildman–Crippen MR) is 148 cm³/mol. The molecule has 2 aromatic heterocycles. The number of likely N-dealkylation sites (N-methyl/N-ethyl adjacent to an activating group) is 1. The van der Waals surface area contributed by atoms with Crippen molar-refractivity contribution in [3.05, 3.63) is 76.1 Å². The maximum Gasteiger partial charge on any atom is 0.418 e. The number of benzene rings is 1. The van der Waals surface area contributed by atoms with Gasteiger partial charge >= 0.3 is 24.4 Å². The SMILES string of the molecule is CO[C@H]1CCCCN(Cc2cc(C(F)(F)F)c3cn(-c4cccc([C@H]([C]5N=NC=[N+]5C)C5CCC5)c4)c(=O)n3c2)C1. The van der Waals surface area contributed by atoms with E-state index in [0.717, 1.165) is 61.2 Å². The second-order valence-electron chi connectivity index (χ2n) is 11.4. The van der Waals surface area contributed by atoms with Gasteiger partial charge in [-0.2, -0.15) is 13.2 Å². The average Bonchev–Trinajstić information content (AvgIpc) is 3.40. The third kappa shape index (κ3) is 5.49. The lowest BCUT2D eigenvalue weighted by molar-refractivity contribution is -0.480. The molecule has 0 N–H and O–H groups in total. The molecule has 1 saturated carbocycles. The van der Waals surface area contributed by atoms with Crippen molar-refractivity contribution in [3.8, 4) is 5.69 Å². The fraction of sp³-hybridized carbons (Fsp3) is 0.500. The number of ether oxygens (including phenoxy) is 1. The van der Waals surface area contributed by atoms with E-state index in [2.05, 4.69) is 15.1 Å². The Bertz CT molecular complexity index is 1540. The number of halogens is 3. The van der Waals surface area contributed by atoms with Crippen molar-refractivity contribution in [1.29, 1.82) is 0 Å². The van der Waals surface area contributed by atoms with Crippen molar-refractivity contribution in [2.75, 3.05) is 27.2 Å². The number of pyridine rings is 1. The smallest absolute Gasteiger partial charge is 0.380 e. The van der Waals surface area contributed by atoms with E-state index in [-0.39, 0.29) is 17.5 Å². The molecule has 217 valence electrons. The summed E-state index contributed by atoms with van der Waals surface area (Å²) in [5.74, 6) is 0.389. The number of methoxy groups -OCH3 is 1. The molecule has 0 amide bonds. The first-order chi connectivity index (χ1) is 19.7. The highest BCUT2D eigenvalue weighted by molar-refractivity contribution is 5.58. The van der Waals surface area contributed by atoms with Gasteiger partial charge in [0.25, 0.3) is 0 Å². The van der Waals surface area contributed by atoms with Gasteiger partial charge in [0.15, 0.2) is 0 Å². The normalized spacial score (nSPS) is 21.7. The number of alkyl halides is 3. The van der Waals surface area contributed by atoms with Crippen molar-refractivity contribution in [2.24, 2.45) is 16.1 Å². The van der Waals surface area contributed by atoms with E-state index in [1.807, 2.05) is 29.8 Å². The maximum atomic E-state index is 14.3. The summed E-state index contributed by atoms with van der Waals surface area (Å²) in [6.07, 6.45) is 6.99. The Hall–Kier alpha value is -3.31. The molecule has 6 rings (SSSR count). The first-order valence-electron chi connectivity index (χ1n) is 14.3. The fourth-order valence-corrected chi connectivity index (χ4v) is 6.36. The minimum Gasteiger partial charge on any atom is -0.380 e. The van der Waals surface area contributed by atoms with E-state index in [1.54, 1.807) is 25.7 Å². The molecule has 3 aromatic rings. The predicted octanol–water partition coefficient (Wildman–Crippen LogP) is 5.62. The molecular weight excluding hydrogens is 533 g/mol. The highest BCUT2D eigenvalue weighted by Gasteiger charge is 2.42. The quantitative estimate of drug-likeness (QED) is 0.348. The Morgan fingerprint density at radius 2 is 1.95 bits per heavy atom. The van der Waals surface area contributed by atoms with Crippen molar-refractivity contribution >= 4 is 11.9 Å². The molecule has 1 radical (unpaired) electrons. The van der Waals surface area contributed by atoms with Crippen LogP contribution in [0.3, 0.4) is 0 Å². The van der Waals surface area contributed by atoms with Crippen molar-refractivity contribution < 1.29 is 22.5 Å². The Kier molecular flexibility index (Phi) is 7.58. The van der Waals surface area contributed by atoms with Gasteiger partial charge in [0, 0.05) is 32.6 Å². The van der Waals surface area contributed by atoms with Crippen LogP contribution in [0.5, 0.6) is 0 Å². The largest absolute Gasteiger partial charge is 0.418 e. The summed E-state index contributed by atoms with van der Waals surface area (Å²) in [5, 5.41) is 8.43. The fourth-order valence-electron chi connectivity index (χ4n) is 6.36. The molecule has 0 spiro atoms. The van der Waals surface area contributed by atoms with Crippen molar-refractivity contribution in [1.82, 2.24) is 13.9 Å². The molecule has 1 aromatic carbocycles. The van der Waals surface area contributed by atoms with Crippen LogP contribution in [0.2, 0.25) is 0 Å². The van der Waals surface area contributed by atoms with Crippen molar-refractivity contribution in [3.63, 3.8) is 0 Å². The Morgan fingerprint density at radius 3 is 2.63 bits per heavy atom. The molecule has 0 unspecified atom stereocenters. The highest BCUT2D eigenvalue weighted by Crippen LogP contribution is 2.46. The molecule has 2 atom stereocenters. The molecule has 2 fully saturated rings. The number of azo groups is 1. The van der Waals surface area contributed by atoms with Gasteiger partial charge in [-0.1, -0.05) is 18.6 Å². The van der Waals surface area contributed by atoms with E-state index in [9.17, 15) is 18.0 Å². The van der Waals surface area contributed by atoms with Crippen LogP contribution in [-0.2, 0) is 17.5 Å². The number of hydrogen-bond acceptors (Lipinski definition) is 5. The Labute approximate surface area is 236 Å². The van der Waals surface area contributed by atoms with Gasteiger partial charge in [0.05, 0.1) is 41.0 Å². The first kappa shape index (κ1) is 27.8. The molecule has 1 saturated heterocycles. The number of nitrogens with zero attached hydrogens (tertiary/aromatic N) is 6. The molecule has 1 aliphatic carbocycles. The van der Waals surface area contributed by atoms with Crippen LogP contribution in [0, 0.1) is 12.1 Å². The molecule has 11 heteroatoms.